The number of aryl methyl sites for hydroxylation is 1. The van der Waals surface area contributed by atoms with Crippen LogP contribution >= 0.6 is 0 Å². The van der Waals surface area contributed by atoms with E-state index in [1.807, 2.05) is 0 Å². The van der Waals surface area contributed by atoms with Crippen molar-refractivity contribution in [3.63, 3.8) is 0 Å². The molecule has 1 saturated heterocycles. The lowest BCUT2D eigenvalue weighted by Crippen LogP contribution is -2.48. The largest absolute Gasteiger partial charge is 0.483 e. The first-order chi connectivity index (χ1) is 14.4. The van der Waals surface area contributed by atoms with Gasteiger partial charge >= 0.3 is 6.18 Å². The second-order valence-corrected chi connectivity index (χ2v) is 8.83. The van der Waals surface area contributed by atoms with Crippen molar-refractivity contribution in [1.29, 1.82) is 0 Å². The van der Waals surface area contributed by atoms with E-state index in [-0.39, 0.29) is 5.75 Å². The molecule has 0 radical (unpaired) electrons. The highest BCUT2D eigenvalue weighted by molar-refractivity contribution is 7.89. The van der Waals surface area contributed by atoms with Crippen molar-refractivity contribution in [2.75, 3.05) is 19.7 Å². The van der Waals surface area contributed by atoms with Crippen LogP contribution in [0.15, 0.2) is 35.5 Å². The number of halogens is 3. The van der Waals surface area contributed by atoms with Gasteiger partial charge in [0.15, 0.2) is 5.75 Å². The van der Waals surface area contributed by atoms with E-state index >= 15 is 0 Å². The van der Waals surface area contributed by atoms with Gasteiger partial charge in [-0.15, -0.1) is 0 Å². The maximum absolute atomic E-state index is 13.0. The molecule has 166 valence electrons. The van der Waals surface area contributed by atoms with Crippen molar-refractivity contribution in [2.45, 2.75) is 29.7 Å². The van der Waals surface area contributed by atoms with Crippen LogP contribution in [0.25, 0.3) is 4.85 Å². The summed E-state index contributed by atoms with van der Waals surface area (Å²) < 4.78 is 71.2. The molecular formula is C18H17F3N4O5S. The van der Waals surface area contributed by atoms with Gasteiger partial charge in [0.2, 0.25) is 15.7 Å². The second-order valence-electron chi connectivity index (χ2n) is 6.92. The van der Waals surface area contributed by atoms with Crippen LogP contribution in [0, 0.1) is 13.5 Å². The average molecular weight is 458 g/mol. The minimum Gasteiger partial charge on any atom is -0.483 e. The Morgan fingerprint density at radius 1 is 1.35 bits per heavy atom. The van der Waals surface area contributed by atoms with Crippen LogP contribution in [0.3, 0.4) is 0 Å². The zero-order valence-corrected chi connectivity index (χ0v) is 16.9. The van der Waals surface area contributed by atoms with Crippen LogP contribution in [0.5, 0.6) is 5.75 Å². The van der Waals surface area contributed by atoms with Crippen LogP contribution < -0.4 is 4.74 Å². The predicted molar refractivity (Wildman–Crippen MR) is 99.7 cm³/mol. The third-order valence-electron chi connectivity index (χ3n) is 4.75. The number of benzene rings is 1. The van der Waals surface area contributed by atoms with Crippen LogP contribution in [-0.2, 0) is 16.2 Å². The van der Waals surface area contributed by atoms with Crippen molar-refractivity contribution < 1.29 is 36.5 Å². The number of rotatable bonds is 5. The third-order valence-corrected chi connectivity index (χ3v) is 6.61. The molecule has 3 rings (SSSR count). The molecule has 2 N–H and O–H groups in total. The molecule has 1 aliphatic rings. The highest BCUT2D eigenvalue weighted by Crippen LogP contribution is 2.37. The summed E-state index contributed by atoms with van der Waals surface area (Å²) in [5.41, 5.74) is -3.87. The Labute approximate surface area is 175 Å². The SMILES string of the molecule is [C-]#[N+]c1cc(C(F)(F)F)ccc1S(=O)(=O)N1C[C@H](Oc2cnc(C)nc2)[C@](O)(CO)C1. The van der Waals surface area contributed by atoms with E-state index in [2.05, 4.69) is 14.8 Å². The molecule has 1 aromatic carbocycles. The number of aromatic nitrogens is 2. The van der Waals surface area contributed by atoms with Crippen molar-refractivity contribution in [1.82, 2.24) is 14.3 Å². The fraction of sp³-hybridized carbons (Fsp3) is 0.389. The zero-order valence-electron chi connectivity index (χ0n) is 16.0. The van der Waals surface area contributed by atoms with Gasteiger partial charge in [-0.2, -0.15) is 17.5 Å². The molecular weight excluding hydrogens is 441 g/mol. The van der Waals surface area contributed by atoms with E-state index < -0.39 is 63.7 Å². The maximum Gasteiger partial charge on any atom is 0.415 e. The standard InChI is InChI=1S/C18H17F3N4O5S/c1-11-23-6-13(7-24-11)30-16-8-25(9-17(16,27)10-26)31(28,29)15-4-3-12(18(19,20)21)5-14(15)22-2/h3-7,16,26-27H,8-10H2,1H3/t16-,17+/m0/s1. The first-order valence-electron chi connectivity index (χ1n) is 8.78. The Morgan fingerprint density at radius 3 is 2.55 bits per heavy atom. The monoisotopic (exact) mass is 458 g/mol. The van der Waals surface area contributed by atoms with Crippen LogP contribution in [0.4, 0.5) is 18.9 Å². The van der Waals surface area contributed by atoms with E-state index in [1.54, 1.807) is 6.92 Å². The van der Waals surface area contributed by atoms with Gasteiger partial charge in [-0.05, 0) is 13.0 Å². The van der Waals surface area contributed by atoms with Crippen LogP contribution in [0.2, 0.25) is 0 Å². The van der Waals surface area contributed by atoms with Crippen molar-refractivity contribution in [3.05, 3.63) is 53.4 Å². The lowest BCUT2D eigenvalue weighted by Gasteiger charge is -2.26. The minimum atomic E-state index is -4.75. The van der Waals surface area contributed by atoms with Crippen LogP contribution in [0.1, 0.15) is 11.4 Å². The number of hydrogen-bond donors (Lipinski definition) is 2. The normalized spacial score (nSPS) is 22.3. The Kier molecular flexibility index (Phi) is 5.94. The fourth-order valence-corrected chi connectivity index (χ4v) is 4.66. The summed E-state index contributed by atoms with van der Waals surface area (Å²) in [5, 5.41) is 20.3. The quantitative estimate of drug-likeness (QED) is 0.653. The lowest BCUT2D eigenvalue weighted by atomic mass is 10.0. The van der Waals surface area contributed by atoms with Gasteiger partial charge in [-0.3, -0.25) is 0 Å². The van der Waals surface area contributed by atoms with E-state index in [1.165, 1.54) is 12.4 Å². The maximum atomic E-state index is 13.0. The van der Waals surface area contributed by atoms with E-state index in [9.17, 15) is 31.8 Å². The minimum absolute atomic E-state index is 0.123. The van der Waals surface area contributed by atoms with E-state index in [0.717, 1.165) is 4.31 Å². The van der Waals surface area contributed by atoms with Crippen molar-refractivity contribution in [3.8, 4) is 5.75 Å². The molecule has 0 saturated carbocycles. The molecule has 0 unspecified atom stereocenters. The van der Waals surface area contributed by atoms with Gasteiger partial charge in [-0.25, -0.2) is 23.2 Å². The molecule has 9 nitrogen and oxygen atoms in total. The highest BCUT2D eigenvalue weighted by atomic mass is 32.2. The molecule has 1 fully saturated rings. The molecule has 2 heterocycles. The molecule has 2 aromatic rings. The number of β-amino-alcohol motifs (C(OH)–C–C–N with tert-alkyl or cyclic N) is 1. The fourth-order valence-electron chi connectivity index (χ4n) is 3.05. The number of aliphatic hydroxyl groups excluding tert-OH is 1. The molecule has 1 aromatic heterocycles. The summed E-state index contributed by atoms with van der Waals surface area (Å²) in [5.74, 6) is 0.576. The first kappa shape index (κ1) is 22.9. The van der Waals surface area contributed by atoms with Crippen molar-refractivity contribution >= 4 is 15.7 Å². The Balaban J connectivity index is 1.93. The summed E-state index contributed by atoms with van der Waals surface area (Å²) in [4.78, 5) is 10.1. The number of nitrogens with zero attached hydrogens (tertiary/aromatic N) is 4. The van der Waals surface area contributed by atoms with Crippen LogP contribution in [-0.4, -0.2) is 64.3 Å². The highest BCUT2D eigenvalue weighted by Gasteiger charge is 2.51. The van der Waals surface area contributed by atoms with E-state index in [0.29, 0.717) is 24.0 Å². The van der Waals surface area contributed by atoms with Gasteiger partial charge in [0.05, 0.1) is 37.0 Å². The molecule has 13 heteroatoms. The third kappa shape index (κ3) is 4.47. The predicted octanol–water partition coefficient (Wildman–Crippen LogP) is 1.53. The van der Waals surface area contributed by atoms with Gasteiger partial charge < -0.3 is 14.9 Å². The lowest BCUT2D eigenvalue weighted by molar-refractivity contribution is -0.137. The second kappa shape index (κ2) is 8.04. The van der Waals surface area contributed by atoms with Crippen molar-refractivity contribution in [2.24, 2.45) is 0 Å². The Morgan fingerprint density at radius 2 is 2.00 bits per heavy atom. The topological polar surface area (TPSA) is 117 Å². The molecule has 1 aliphatic heterocycles. The van der Waals surface area contributed by atoms with Gasteiger partial charge in [-0.1, -0.05) is 12.1 Å². The number of sulfonamides is 1. The summed E-state index contributed by atoms with van der Waals surface area (Å²) in [6.07, 6.45) is -3.35. The molecule has 2 atom stereocenters. The number of aliphatic hydroxyl groups is 2. The number of alkyl halides is 3. The molecule has 0 amide bonds. The molecule has 31 heavy (non-hydrogen) atoms. The first-order valence-corrected chi connectivity index (χ1v) is 10.2. The Bertz CT molecular complexity index is 1120. The number of ether oxygens (including phenoxy) is 1. The average Bonchev–Trinajstić information content (AvgIpc) is 3.06. The molecule has 0 aliphatic carbocycles. The molecule has 0 spiro atoms. The zero-order chi connectivity index (χ0) is 23.0. The summed E-state index contributed by atoms with van der Waals surface area (Å²) in [6, 6.07) is 1.71. The van der Waals surface area contributed by atoms with Gasteiger partial charge in [0.25, 0.3) is 0 Å². The smallest absolute Gasteiger partial charge is 0.415 e. The number of hydrogen-bond acceptors (Lipinski definition) is 7. The summed E-state index contributed by atoms with van der Waals surface area (Å²) in [7, 11) is -4.49. The summed E-state index contributed by atoms with van der Waals surface area (Å²) in [6.45, 7) is 6.87. The Hall–Kier alpha value is -2.79. The summed E-state index contributed by atoms with van der Waals surface area (Å²) >= 11 is 0. The molecule has 0 bridgehead atoms. The van der Waals surface area contributed by atoms with Gasteiger partial charge in [0.1, 0.15) is 17.5 Å². The van der Waals surface area contributed by atoms with Gasteiger partial charge in [0, 0.05) is 12.1 Å². The van der Waals surface area contributed by atoms with E-state index in [4.69, 9.17) is 11.3 Å².